The number of benzene rings is 4. The minimum atomic E-state index is 0.710. The van der Waals surface area contributed by atoms with Gasteiger partial charge in [-0.05, 0) is 63.0 Å². The van der Waals surface area contributed by atoms with Crippen LogP contribution in [-0.2, 0) is 0 Å². The number of fused-ring (bicyclic) bond motifs is 4. The zero-order valence-corrected chi connectivity index (χ0v) is 11.7. The minimum Gasteiger partial charge on any atom is -0.192 e. The first-order valence-corrected chi connectivity index (χ1v) is 7.03. The highest BCUT2D eigenvalue weighted by molar-refractivity contribution is 6.14. The van der Waals surface area contributed by atoms with Crippen LogP contribution >= 0.6 is 0 Å². The Hall–Kier alpha value is -2.85. The van der Waals surface area contributed by atoms with Crippen molar-refractivity contribution in [2.24, 2.45) is 0 Å². The maximum absolute atomic E-state index is 9.10. The van der Waals surface area contributed by atoms with Crippen LogP contribution in [0.4, 0.5) is 0 Å². The maximum atomic E-state index is 9.10. The second-order valence-electron chi connectivity index (χ2n) is 5.43. The minimum absolute atomic E-state index is 0.710. The van der Waals surface area contributed by atoms with Gasteiger partial charge in [0.2, 0.25) is 0 Å². The summed E-state index contributed by atoms with van der Waals surface area (Å²) in [5, 5.41) is 16.5. The Bertz CT molecular complexity index is 1050. The van der Waals surface area contributed by atoms with Gasteiger partial charge < -0.3 is 0 Å². The summed E-state index contributed by atoms with van der Waals surface area (Å²) in [4.78, 5) is 0. The van der Waals surface area contributed by atoms with Gasteiger partial charge in [-0.1, -0.05) is 42.5 Å². The third-order valence-electron chi connectivity index (χ3n) is 4.26. The molecule has 4 aromatic carbocycles. The molecule has 1 heteroatoms. The van der Waals surface area contributed by atoms with Crippen LogP contribution in [-0.4, -0.2) is 0 Å². The molecule has 0 aromatic heterocycles. The van der Waals surface area contributed by atoms with Crippen LogP contribution in [0.1, 0.15) is 11.1 Å². The van der Waals surface area contributed by atoms with E-state index in [1.54, 1.807) is 0 Å². The van der Waals surface area contributed by atoms with Gasteiger partial charge in [-0.3, -0.25) is 0 Å². The van der Waals surface area contributed by atoms with Gasteiger partial charge >= 0.3 is 0 Å². The molecule has 0 atom stereocenters. The van der Waals surface area contributed by atoms with Crippen LogP contribution in [0.25, 0.3) is 32.3 Å². The Morgan fingerprint density at radius 3 is 2.38 bits per heavy atom. The van der Waals surface area contributed by atoms with E-state index in [2.05, 4.69) is 61.5 Å². The average molecular weight is 267 g/mol. The number of aryl methyl sites for hydroxylation is 1. The van der Waals surface area contributed by atoms with Gasteiger partial charge in [0.15, 0.2) is 0 Å². The quantitative estimate of drug-likeness (QED) is 0.312. The van der Waals surface area contributed by atoms with E-state index in [4.69, 9.17) is 5.26 Å². The van der Waals surface area contributed by atoms with Gasteiger partial charge in [0, 0.05) is 0 Å². The molecule has 1 nitrogen and oxygen atoms in total. The first-order valence-electron chi connectivity index (χ1n) is 7.03. The molecule has 0 aliphatic carbocycles. The maximum Gasteiger partial charge on any atom is 0.0991 e. The van der Waals surface area contributed by atoms with Crippen LogP contribution in [0.2, 0.25) is 0 Å². The normalized spacial score (nSPS) is 11.0. The van der Waals surface area contributed by atoms with Crippen molar-refractivity contribution < 1.29 is 0 Å². The molecule has 0 radical (unpaired) electrons. The van der Waals surface area contributed by atoms with E-state index in [1.807, 2.05) is 12.1 Å². The van der Waals surface area contributed by atoms with Crippen molar-refractivity contribution in [3.63, 3.8) is 0 Å². The third kappa shape index (κ3) is 1.70. The van der Waals surface area contributed by atoms with Crippen molar-refractivity contribution in [3.05, 3.63) is 71.8 Å². The van der Waals surface area contributed by atoms with E-state index >= 15 is 0 Å². The van der Waals surface area contributed by atoms with Gasteiger partial charge in [-0.2, -0.15) is 5.26 Å². The van der Waals surface area contributed by atoms with Gasteiger partial charge in [0.25, 0.3) is 0 Å². The molecule has 0 spiro atoms. The zero-order valence-electron chi connectivity index (χ0n) is 11.7. The van der Waals surface area contributed by atoms with E-state index in [0.717, 1.165) is 5.39 Å². The topological polar surface area (TPSA) is 23.8 Å². The second kappa shape index (κ2) is 4.33. The molecule has 0 fully saturated rings. The van der Waals surface area contributed by atoms with E-state index < -0.39 is 0 Å². The molecule has 0 bridgehead atoms. The Balaban J connectivity index is 2.25. The molecule has 0 heterocycles. The summed E-state index contributed by atoms with van der Waals surface area (Å²) in [5.41, 5.74) is 1.99. The van der Waals surface area contributed by atoms with Crippen molar-refractivity contribution in [1.29, 1.82) is 5.26 Å². The number of nitrogens with zero attached hydrogens (tertiary/aromatic N) is 1. The lowest BCUT2D eigenvalue weighted by molar-refractivity contribution is 1.49. The third-order valence-corrected chi connectivity index (χ3v) is 4.26. The van der Waals surface area contributed by atoms with Crippen molar-refractivity contribution in [2.75, 3.05) is 0 Å². The smallest absolute Gasteiger partial charge is 0.0991 e. The summed E-state index contributed by atoms with van der Waals surface area (Å²) in [6.45, 7) is 2.16. The Labute approximate surface area is 123 Å². The van der Waals surface area contributed by atoms with Gasteiger partial charge in [-0.15, -0.1) is 0 Å². The largest absolute Gasteiger partial charge is 0.192 e. The van der Waals surface area contributed by atoms with Gasteiger partial charge in [0.05, 0.1) is 11.6 Å². The van der Waals surface area contributed by atoms with Crippen molar-refractivity contribution in [1.82, 2.24) is 0 Å². The fourth-order valence-electron chi connectivity index (χ4n) is 3.17. The fraction of sp³-hybridized carbons (Fsp3) is 0.0500. The van der Waals surface area contributed by atoms with E-state index in [0.29, 0.717) is 5.56 Å². The van der Waals surface area contributed by atoms with Crippen LogP contribution in [0.5, 0.6) is 0 Å². The molecule has 98 valence electrons. The standard InChI is InChI=1S/C20H13N/c1-13-17-8-6-14(12-21)10-16(17)11-20-18(13)9-7-15-4-2-3-5-19(15)20/h2-11H,1H3. The number of hydrogen-bond acceptors (Lipinski definition) is 1. The van der Waals surface area contributed by atoms with Crippen LogP contribution in [0, 0.1) is 18.3 Å². The fourth-order valence-corrected chi connectivity index (χ4v) is 3.17. The van der Waals surface area contributed by atoms with Crippen LogP contribution in [0.3, 0.4) is 0 Å². The molecular weight excluding hydrogens is 254 g/mol. The highest BCUT2D eigenvalue weighted by Gasteiger charge is 2.07. The van der Waals surface area contributed by atoms with E-state index in [1.165, 1.54) is 32.5 Å². The lowest BCUT2D eigenvalue weighted by Gasteiger charge is -2.10. The Morgan fingerprint density at radius 2 is 1.52 bits per heavy atom. The molecule has 4 rings (SSSR count). The van der Waals surface area contributed by atoms with E-state index in [9.17, 15) is 0 Å². The summed E-state index contributed by atoms with van der Waals surface area (Å²) >= 11 is 0. The van der Waals surface area contributed by atoms with Crippen LogP contribution in [0.15, 0.2) is 60.7 Å². The van der Waals surface area contributed by atoms with Crippen LogP contribution < -0.4 is 0 Å². The highest BCUT2D eigenvalue weighted by atomic mass is 14.2. The summed E-state index contributed by atoms with van der Waals surface area (Å²) in [6.07, 6.45) is 0. The second-order valence-corrected chi connectivity index (χ2v) is 5.43. The summed E-state index contributed by atoms with van der Waals surface area (Å²) in [7, 11) is 0. The molecule has 0 saturated heterocycles. The molecule has 4 aromatic rings. The first kappa shape index (κ1) is 11.9. The lowest BCUT2D eigenvalue weighted by atomic mass is 9.93. The summed E-state index contributed by atoms with van der Waals surface area (Å²) < 4.78 is 0. The number of rotatable bonds is 0. The molecular formula is C20H13N. The Kier molecular flexibility index (Phi) is 2.46. The molecule has 0 saturated carbocycles. The molecule has 21 heavy (non-hydrogen) atoms. The molecule has 0 amide bonds. The lowest BCUT2D eigenvalue weighted by Crippen LogP contribution is -1.86. The highest BCUT2D eigenvalue weighted by Crippen LogP contribution is 2.33. The predicted octanol–water partition coefficient (Wildman–Crippen LogP) is 5.33. The zero-order chi connectivity index (χ0) is 14.4. The first-order chi connectivity index (χ1) is 10.3. The van der Waals surface area contributed by atoms with Crippen molar-refractivity contribution >= 4 is 32.3 Å². The average Bonchev–Trinajstić information content (AvgIpc) is 2.54. The molecule has 0 aliphatic heterocycles. The predicted molar refractivity (Wildman–Crippen MR) is 88.4 cm³/mol. The summed E-state index contributed by atoms with van der Waals surface area (Å²) in [6, 6.07) is 23.2. The number of hydrogen-bond donors (Lipinski definition) is 0. The molecule has 0 aliphatic rings. The van der Waals surface area contributed by atoms with Crippen molar-refractivity contribution in [3.8, 4) is 6.07 Å². The van der Waals surface area contributed by atoms with Gasteiger partial charge in [0.1, 0.15) is 0 Å². The molecule has 0 unspecified atom stereocenters. The number of nitriles is 1. The monoisotopic (exact) mass is 267 g/mol. The van der Waals surface area contributed by atoms with E-state index in [-0.39, 0.29) is 0 Å². The van der Waals surface area contributed by atoms with Crippen molar-refractivity contribution in [2.45, 2.75) is 6.92 Å². The molecule has 0 N–H and O–H groups in total. The van der Waals surface area contributed by atoms with Gasteiger partial charge in [-0.25, -0.2) is 0 Å². The SMILES string of the molecule is Cc1c2ccc(C#N)cc2cc2c1ccc1ccccc12. The Morgan fingerprint density at radius 1 is 0.714 bits per heavy atom. The summed E-state index contributed by atoms with van der Waals surface area (Å²) in [5.74, 6) is 0.